The Labute approximate surface area is 108 Å². The van der Waals surface area contributed by atoms with Gasteiger partial charge in [-0.2, -0.15) is 0 Å². The van der Waals surface area contributed by atoms with Gasteiger partial charge < -0.3 is 10.6 Å². The summed E-state index contributed by atoms with van der Waals surface area (Å²) in [6.45, 7) is 6.11. The van der Waals surface area contributed by atoms with Crippen molar-refractivity contribution in [1.29, 1.82) is 0 Å². The molecule has 0 aliphatic carbocycles. The summed E-state index contributed by atoms with van der Waals surface area (Å²) in [5, 5.41) is 0. The summed E-state index contributed by atoms with van der Waals surface area (Å²) in [6, 6.07) is 3.14. The third-order valence-corrected chi connectivity index (χ3v) is 2.81. The molecule has 1 rings (SSSR count). The minimum atomic E-state index is -0.573. The summed E-state index contributed by atoms with van der Waals surface area (Å²) in [5.74, 6) is -0.551. The van der Waals surface area contributed by atoms with Crippen molar-refractivity contribution in [3.63, 3.8) is 0 Å². The van der Waals surface area contributed by atoms with Crippen LogP contribution in [0.4, 0.5) is 8.78 Å². The van der Waals surface area contributed by atoms with E-state index in [0.717, 1.165) is 19.2 Å². The van der Waals surface area contributed by atoms with Crippen LogP contribution in [0.1, 0.15) is 31.9 Å². The number of nitrogens with two attached hydrogens (primary N) is 1. The van der Waals surface area contributed by atoms with Gasteiger partial charge in [0.2, 0.25) is 0 Å². The fourth-order valence-electron chi connectivity index (χ4n) is 2.03. The molecule has 0 aliphatic rings. The zero-order chi connectivity index (χ0) is 13.7. The number of halogens is 2. The molecule has 1 aromatic rings. The van der Waals surface area contributed by atoms with Gasteiger partial charge in [-0.25, -0.2) is 8.78 Å². The van der Waals surface area contributed by atoms with Crippen molar-refractivity contribution in [1.82, 2.24) is 4.90 Å². The van der Waals surface area contributed by atoms with E-state index in [1.54, 1.807) is 0 Å². The van der Waals surface area contributed by atoms with Crippen LogP contribution in [0.15, 0.2) is 18.2 Å². The topological polar surface area (TPSA) is 29.3 Å². The molecule has 0 aliphatic heterocycles. The Hall–Kier alpha value is -1.00. The van der Waals surface area contributed by atoms with E-state index < -0.39 is 11.6 Å². The van der Waals surface area contributed by atoms with Gasteiger partial charge in [-0.05, 0) is 43.6 Å². The molecule has 0 heterocycles. The molecule has 102 valence electrons. The van der Waals surface area contributed by atoms with Crippen LogP contribution in [-0.2, 0) is 0 Å². The molecule has 0 radical (unpaired) electrons. The van der Waals surface area contributed by atoms with E-state index >= 15 is 0 Å². The zero-order valence-electron chi connectivity index (χ0n) is 11.3. The third-order valence-electron chi connectivity index (χ3n) is 2.81. The molecule has 2 N–H and O–H groups in total. The van der Waals surface area contributed by atoms with Crippen molar-refractivity contribution in [3.8, 4) is 0 Å². The van der Waals surface area contributed by atoms with Gasteiger partial charge in [0.05, 0.1) is 0 Å². The summed E-state index contributed by atoms with van der Waals surface area (Å²) in [5.41, 5.74) is 6.47. The Morgan fingerprint density at radius 1 is 1.17 bits per heavy atom. The maximum atomic E-state index is 13.1. The number of nitrogens with zero attached hydrogens (tertiary/aromatic N) is 1. The maximum Gasteiger partial charge on any atom is 0.126 e. The molecule has 0 fully saturated rings. The highest BCUT2D eigenvalue weighted by atomic mass is 19.1. The van der Waals surface area contributed by atoms with Crippen LogP contribution in [0, 0.1) is 17.6 Å². The van der Waals surface area contributed by atoms with Crippen LogP contribution < -0.4 is 5.73 Å². The number of hydrogen-bond acceptors (Lipinski definition) is 2. The van der Waals surface area contributed by atoms with Crippen molar-refractivity contribution in [2.24, 2.45) is 11.7 Å². The van der Waals surface area contributed by atoms with Crippen LogP contribution in [0.25, 0.3) is 0 Å². The molecule has 0 aromatic heterocycles. The average molecular weight is 256 g/mol. The summed E-state index contributed by atoms with van der Waals surface area (Å²) in [7, 11) is 2.03. The van der Waals surface area contributed by atoms with E-state index in [2.05, 4.69) is 18.7 Å². The van der Waals surface area contributed by atoms with Gasteiger partial charge in [0, 0.05) is 18.7 Å². The number of rotatable bonds is 6. The molecule has 1 atom stereocenters. The van der Waals surface area contributed by atoms with E-state index in [1.807, 2.05) is 7.05 Å². The second-order valence-electron chi connectivity index (χ2n) is 5.25. The molecule has 18 heavy (non-hydrogen) atoms. The van der Waals surface area contributed by atoms with Gasteiger partial charge in [-0.1, -0.05) is 13.8 Å². The van der Waals surface area contributed by atoms with Crippen molar-refractivity contribution >= 4 is 0 Å². The van der Waals surface area contributed by atoms with Crippen molar-refractivity contribution in [2.75, 3.05) is 20.1 Å². The van der Waals surface area contributed by atoms with E-state index in [0.29, 0.717) is 17.9 Å². The van der Waals surface area contributed by atoms with Crippen molar-refractivity contribution in [3.05, 3.63) is 35.4 Å². The first-order valence-electron chi connectivity index (χ1n) is 6.28. The average Bonchev–Trinajstić information content (AvgIpc) is 2.23. The fourth-order valence-corrected chi connectivity index (χ4v) is 2.03. The first-order chi connectivity index (χ1) is 8.38. The number of hydrogen-bond donors (Lipinski definition) is 1. The third kappa shape index (κ3) is 5.10. The highest BCUT2D eigenvalue weighted by molar-refractivity contribution is 5.21. The Kier molecular flexibility index (Phi) is 5.69. The lowest BCUT2D eigenvalue weighted by Crippen LogP contribution is -2.27. The lowest BCUT2D eigenvalue weighted by molar-refractivity contribution is 0.284. The van der Waals surface area contributed by atoms with Gasteiger partial charge in [0.1, 0.15) is 11.6 Å². The SMILES string of the molecule is CC(C)CN(C)CCC(N)c1cc(F)cc(F)c1. The standard InChI is InChI=1S/C14H22F2N2/c1-10(2)9-18(3)5-4-14(17)11-6-12(15)8-13(16)7-11/h6-8,10,14H,4-5,9,17H2,1-3H3. The first kappa shape index (κ1) is 15.1. The Morgan fingerprint density at radius 2 is 1.72 bits per heavy atom. The van der Waals surface area contributed by atoms with Gasteiger partial charge in [-0.15, -0.1) is 0 Å². The molecular formula is C14H22F2N2. The van der Waals surface area contributed by atoms with Crippen LogP contribution in [0.3, 0.4) is 0 Å². The molecular weight excluding hydrogens is 234 g/mol. The maximum absolute atomic E-state index is 13.1. The lowest BCUT2D eigenvalue weighted by atomic mass is 10.0. The Balaban J connectivity index is 2.52. The van der Waals surface area contributed by atoms with Gasteiger partial charge in [-0.3, -0.25) is 0 Å². The van der Waals surface area contributed by atoms with E-state index in [4.69, 9.17) is 5.73 Å². The van der Waals surface area contributed by atoms with E-state index in [-0.39, 0.29) is 6.04 Å². The molecule has 2 nitrogen and oxygen atoms in total. The molecule has 0 saturated heterocycles. The highest BCUT2D eigenvalue weighted by Crippen LogP contribution is 2.17. The fraction of sp³-hybridized carbons (Fsp3) is 0.571. The van der Waals surface area contributed by atoms with Crippen molar-refractivity contribution in [2.45, 2.75) is 26.3 Å². The monoisotopic (exact) mass is 256 g/mol. The van der Waals surface area contributed by atoms with Gasteiger partial charge in [0.25, 0.3) is 0 Å². The summed E-state index contributed by atoms with van der Waals surface area (Å²) in [4.78, 5) is 2.18. The van der Waals surface area contributed by atoms with E-state index in [9.17, 15) is 8.78 Å². The summed E-state index contributed by atoms with van der Waals surface area (Å²) < 4.78 is 26.1. The Bertz CT molecular complexity index is 360. The van der Waals surface area contributed by atoms with Crippen LogP contribution in [-0.4, -0.2) is 25.0 Å². The molecule has 0 bridgehead atoms. The predicted molar refractivity (Wildman–Crippen MR) is 70.2 cm³/mol. The van der Waals surface area contributed by atoms with Gasteiger partial charge in [0.15, 0.2) is 0 Å². The molecule has 4 heteroatoms. The molecule has 0 saturated carbocycles. The second kappa shape index (κ2) is 6.81. The minimum absolute atomic E-state index is 0.329. The van der Waals surface area contributed by atoms with Gasteiger partial charge >= 0.3 is 0 Å². The lowest BCUT2D eigenvalue weighted by Gasteiger charge is -2.21. The quantitative estimate of drug-likeness (QED) is 0.848. The second-order valence-corrected chi connectivity index (χ2v) is 5.25. The normalized spacial score (nSPS) is 13.3. The molecule has 0 spiro atoms. The molecule has 1 unspecified atom stereocenters. The zero-order valence-corrected chi connectivity index (χ0v) is 11.3. The highest BCUT2D eigenvalue weighted by Gasteiger charge is 2.11. The molecule has 1 aromatic carbocycles. The van der Waals surface area contributed by atoms with Crippen LogP contribution >= 0.6 is 0 Å². The van der Waals surface area contributed by atoms with Crippen molar-refractivity contribution < 1.29 is 8.78 Å². The largest absolute Gasteiger partial charge is 0.324 e. The summed E-state index contributed by atoms with van der Waals surface area (Å²) >= 11 is 0. The van der Waals surface area contributed by atoms with Crippen LogP contribution in [0.2, 0.25) is 0 Å². The molecule has 0 amide bonds. The summed E-state index contributed by atoms with van der Waals surface area (Å²) in [6.07, 6.45) is 0.687. The Morgan fingerprint density at radius 3 is 2.22 bits per heavy atom. The van der Waals surface area contributed by atoms with E-state index in [1.165, 1.54) is 12.1 Å². The number of benzene rings is 1. The predicted octanol–water partition coefficient (Wildman–Crippen LogP) is 2.94. The minimum Gasteiger partial charge on any atom is -0.324 e. The van der Waals surface area contributed by atoms with Crippen LogP contribution in [0.5, 0.6) is 0 Å². The first-order valence-corrected chi connectivity index (χ1v) is 6.28. The smallest absolute Gasteiger partial charge is 0.126 e.